The third-order valence-corrected chi connectivity index (χ3v) is 8.74. The van der Waals surface area contributed by atoms with E-state index in [1.54, 1.807) is 54.6 Å². The third kappa shape index (κ3) is 6.43. The standard InChI is InChI=1S/C31H24ClN3O4S2/c1-2-26(29(37)35-31-34-25(17-40-31)21-12-3-4-15-24(21)32)41-20-11-7-10-19(16-20)33-28(36)22-13-5-8-18-9-6-14-23(27(18)22)30(38)39/h3-17,26H,2H2,1H3,(H,33,36)(H,38,39)(H,34,35,37). The highest BCUT2D eigenvalue weighted by molar-refractivity contribution is 8.00. The number of hydrogen-bond acceptors (Lipinski definition) is 6. The first-order chi connectivity index (χ1) is 19.8. The summed E-state index contributed by atoms with van der Waals surface area (Å²) >= 11 is 9.00. The summed E-state index contributed by atoms with van der Waals surface area (Å²) in [5.74, 6) is -1.70. The second-order valence-electron chi connectivity index (χ2n) is 9.02. The Morgan fingerprint density at radius 2 is 1.68 bits per heavy atom. The fourth-order valence-electron chi connectivity index (χ4n) is 4.35. The van der Waals surface area contributed by atoms with Crippen molar-refractivity contribution in [1.82, 2.24) is 4.98 Å². The summed E-state index contributed by atoms with van der Waals surface area (Å²) < 4.78 is 0. The number of carboxylic acid groups (broad SMARTS) is 1. The Balaban J connectivity index is 1.29. The molecule has 2 amide bonds. The van der Waals surface area contributed by atoms with Crippen LogP contribution in [0.3, 0.4) is 0 Å². The molecule has 41 heavy (non-hydrogen) atoms. The number of amides is 2. The molecule has 0 aliphatic heterocycles. The molecule has 0 saturated heterocycles. The highest BCUT2D eigenvalue weighted by atomic mass is 35.5. The van der Waals surface area contributed by atoms with Gasteiger partial charge in [-0.05, 0) is 48.2 Å². The van der Waals surface area contributed by atoms with Gasteiger partial charge in [-0.2, -0.15) is 0 Å². The van der Waals surface area contributed by atoms with Crippen molar-refractivity contribution < 1.29 is 19.5 Å². The summed E-state index contributed by atoms with van der Waals surface area (Å²) in [4.78, 5) is 43.5. The smallest absolute Gasteiger partial charge is 0.336 e. The summed E-state index contributed by atoms with van der Waals surface area (Å²) in [5, 5.41) is 19.0. The molecule has 0 aliphatic rings. The highest BCUT2D eigenvalue weighted by Gasteiger charge is 2.21. The molecule has 1 heterocycles. The first kappa shape index (κ1) is 28.4. The van der Waals surface area contributed by atoms with Gasteiger partial charge in [0.25, 0.3) is 5.91 Å². The quantitative estimate of drug-likeness (QED) is 0.147. The average Bonchev–Trinajstić information content (AvgIpc) is 3.43. The molecule has 206 valence electrons. The van der Waals surface area contributed by atoms with Crippen LogP contribution in [0.4, 0.5) is 10.8 Å². The number of nitrogens with one attached hydrogen (secondary N) is 2. The van der Waals surface area contributed by atoms with Crippen molar-refractivity contribution in [2.24, 2.45) is 0 Å². The Kier molecular flexibility index (Phi) is 8.68. The van der Waals surface area contributed by atoms with Gasteiger partial charge >= 0.3 is 5.97 Å². The van der Waals surface area contributed by atoms with Crippen LogP contribution in [0.2, 0.25) is 5.02 Å². The van der Waals surface area contributed by atoms with E-state index < -0.39 is 17.1 Å². The summed E-state index contributed by atoms with van der Waals surface area (Å²) in [7, 11) is 0. The van der Waals surface area contributed by atoms with Crippen LogP contribution >= 0.6 is 34.7 Å². The van der Waals surface area contributed by atoms with Crippen molar-refractivity contribution in [3.05, 3.63) is 106 Å². The molecule has 0 fully saturated rings. The molecule has 1 aromatic heterocycles. The number of carbonyl (C=O) groups excluding carboxylic acids is 2. The van der Waals surface area contributed by atoms with Crippen LogP contribution < -0.4 is 10.6 Å². The van der Waals surface area contributed by atoms with E-state index in [0.29, 0.717) is 38.7 Å². The van der Waals surface area contributed by atoms with Crippen molar-refractivity contribution in [1.29, 1.82) is 0 Å². The van der Waals surface area contributed by atoms with Crippen LogP contribution in [0.5, 0.6) is 0 Å². The molecule has 5 rings (SSSR count). The number of hydrogen-bond donors (Lipinski definition) is 3. The second-order valence-corrected chi connectivity index (χ2v) is 11.6. The molecule has 7 nitrogen and oxygen atoms in total. The van der Waals surface area contributed by atoms with E-state index in [0.717, 1.165) is 10.5 Å². The molecule has 0 saturated carbocycles. The normalized spacial score (nSPS) is 11.7. The lowest BCUT2D eigenvalue weighted by Gasteiger charge is -2.15. The SMILES string of the molecule is CCC(Sc1cccc(NC(=O)c2cccc3cccc(C(=O)O)c23)c1)C(=O)Nc1nc(-c2ccccc2Cl)cs1. The first-order valence-corrected chi connectivity index (χ1v) is 14.8. The van der Waals surface area contributed by atoms with Gasteiger partial charge in [-0.25, -0.2) is 9.78 Å². The number of carboxylic acids is 1. The van der Waals surface area contributed by atoms with Gasteiger partial charge in [0.1, 0.15) is 0 Å². The summed E-state index contributed by atoms with van der Waals surface area (Å²) in [5.41, 5.74) is 2.36. The fraction of sp³-hybridized carbons (Fsp3) is 0.0968. The lowest BCUT2D eigenvalue weighted by atomic mass is 9.98. The van der Waals surface area contributed by atoms with Gasteiger partial charge < -0.3 is 15.7 Å². The predicted octanol–water partition coefficient (Wildman–Crippen LogP) is 8.08. The Labute approximate surface area is 249 Å². The summed E-state index contributed by atoms with van der Waals surface area (Å²) in [6.45, 7) is 1.93. The largest absolute Gasteiger partial charge is 0.478 e. The third-order valence-electron chi connectivity index (χ3n) is 6.30. The second kappa shape index (κ2) is 12.6. The van der Waals surface area contributed by atoms with Gasteiger partial charge in [-0.1, -0.05) is 67.1 Å². The van der Waals surface area contributed by atoms with E-state index in [1.165, 1.54) is 29.2 Å². The van der Waals surface area contributed by atoms with Gasteiger partial charge in [0.05, 0.1) is 16.5 Å². The van der Waals surface area contributed by atoms with Crippen molar-refractivity contribution in [3.63, 3.8) is 0 Å². The molecule has 1 atom stereocenters. The van der Waals surface area contributed by atoms with Crippen molar-refractivity contribution in [2.45, 2.75) is 23.5 Å². The maximum Gasteiger partial charge on any atom is 0.336 e. The Morgan fingerprint density at radius 1 is 0.951 bits per heavy atom. The number of anilines is 2. The number of halogens is 1. The van der Waals surface area contributed by atoms with Crippen molar-refractivity contribution >= 4 is 74.1 Å². The van der Waals surface area contributed by atoms with Gasteiger partial charge in [-0.15, -0.1) is 23.1 Å². The number of carbonyl (C=O) groups is 3. The van der Waals surface area contributed by atoms with Crippen molar-refractivity contribution in [2.75, 3.05) is 10.6 Å². The minimum atomic E-state index is -1.10. The lowest BCUT2D eigenvalue weighted by molar-refractivity contribution is -0.115. The molecule has 3 N–H and O–H groups in total. The van der Waals surface area contributed by atoms with Crippen LogP contribution in [-0.2, 0) is 4.79 Å². The molecule has 0 bridgehead atoms. The predicted molar refractivity (Wildman–Crippen MR) is 166 cm³/mol. The fourth-order valence-corrected chi connectivity index (χ4v) is 6.31. The monoisotopic (exact) mass is 601 g/mol. The Bertz CT molecular complexity index is 1770. The van der Waals surface area contributed by atoms with E-state index in [9.17, 15) is 19.5 Å². The van der Waals surface area contributed by atoms with E-state index >= 15 is 0 Å². The number of fused-ring (bicyclic) bond motifs is 1. The minimum Gasteiger partial charge on any atom is -0.478 e. The number of aromatic nitrogens is 1. The first-order valence-electron chi connectivity index (χ1n) is 12.7. The molecule has 0 aliphatic carbocycles. The zero-order valence-electron chi connectivity index (χ0n) is 21.8. The maximum absolute atomic E-state index is 13.2. The van der Waals surface area contributed by atoms with E-state index in [1.807, 2.05) is 36.6 Å². The van der Waals surface area contributed by atoms with Crippen LogP contribution in [0.1, 0.15) is 34.1 Å². The van der Waals surface area contributed by atoms with E-state index in [-0.39, 0.29) is 17.0 Å². The number of nitrogens with zero attached hydrogens (tertiary/aromatic N) is 1. The van der Waals surface area contributed by atoms with Crippen LogP contribution in [-0.4, -0.2) is 33.1 Å². The number of rotatable bonds is 9. The van der Waals surface area contributed by atoms with Crippen molar-refractivity contribution in [3.8, 4) is 11.3 Å². The average molecular weight is 602 g/mol. The van der Waals surface area contributed by atoms with Crippen LogP contribution in [0, 0.1) is 0 Å². The number of thiazole rings is 1. The Hall–Kier alpha value is -4.18. The van der Waals surface area contributed by atoms with Crippen LogP contribution in [0.25, 0.3) is 22.0 Å². The zero-order valence-corrected chi connectivity index (χ0v) is 24.1. The maximum atomic E-state index is 13.2. The summed E-state index contributed by atoms with van der Waals surface area (Å²) in [6.07, 6.45) is 0.573. The lowest BCUT2D eigenvalue weighted by Crippen LogP contribution is -2.24. The van der Waals surface area contributed by atoms with E-state index in [4.69, 9.17) is 11.6 Å². The van der Waals surface area contributed by atoms with Gasteiger partial charge in [0.15, 0.2) is 5.13 Å². The molecule has 5 aromatic rings. The number of benzene rings is 4. The number of aromatic carboxylic acids is 1. The topological polar surface area (TPSA) is 108 Å². The van der Waals surface area contributed by atoms with Gasteiger partial charge in [0.2, 0.25) is 5.91 Å². The highest BCUT2D eigenvalue weighted by Crippen LogP contribution is 2.32. The molecule has 4 aromatic carbocycles. The Morgan fingerprint density at radius 3 is 2.41 bits per heavy atom. The van der Waals surface area contributed by atoms with Gasteiger partial charge in [0, 0.05) is 37.5 Å². The molecular formula is C31H24ClN3O4S2. The zero-order chi connectivity index (χ0) is 28.9. The molecular weight excluding hydrogens is 578 g/mol. The summed E-state index contributed by atoms with van der Waals surface area (Å²) in [6, 6.07) is 24.6. The molecule has 1 unspecified atom stereocenters. The minimum absolute atomic E-state index is 0.0635. The molecule has 0 radical (unpaired) electrons. The van der Waals surface area contributed by atoms with E-state index in [2.05, 4.69) is 15.6 Å². The van der Waals surface area contributed by atoms with Gasteiger partial charge in [-0.3, -0.25) is 9.59 Å². The van der Waals surface area contributed by atoms with Crippen LogP contribution in [0.15, 0.2) is 95.2 Å². The number of thioether (sulfide) groups is 1. The molecule has 0 spiro atoms. The molecule has 10 heteroatoms.